The second-order valence-corrected chi connectivity index (χ2v) is 4.42. The number of nitrogens with zero attached hydrogens (tertiary/aromatic N) is 3. The molecular formula is C14H10ClN3O2. The van der Waals surface area contributed by atoms with E-state index in [2.05, 4.69) is 4.98 Å². The van der Waals surface area contributed by atoms with Crippen molar-refractivity contribution < 1.29 is 9.90 Å². The van der Waals surface area contributed by atoms with Gasteiger partial charge < -0.3 is 10.0 Å². The molecule has 1 aromatic carbocycles. The highest BCUT2D eigenvalue weighted by Crippen LogP contribution is 2.27. The lowest BCUT2D eigenvalue weighted by molar-refractivity contribution is 0.0697. The maximum absolute atomic E-state index is 11.2. The number of aromatic nitrogens is 1. The predicted molar refractivity (Wildman–Crippen MR) is 75.4 cm³/mol. The van der Waals surface area contributed by atoms with Gasteiger partial charge in [0.1, 0.15) is 16.5 Å². The van der Waals surface area contributed by atoms with Gasteiger partial charge in [-0.25, -0.2) is 9.78 Å². The first-order valence-electron chi connectivity index (χ1n) is 5.66. The van der Waals surface area contributed by atoms with E-state index in [-0.39, 0.29) is 16.5 Å². The number of benzene rings is 1. The summed E-state index contributed by atoms with van der Waals surface area (Å²) in [5, 5.41) is 18.2. The molecule has 0 radical (unpaired) electrons. The largest absolute Gasteiger partial charge is 0.478 e. The number of hydrogen-bond acceptors (Lipinski definition) is 4. The average Bonchev–Trinajstić information content (AvgIpc) is 2.46. The summed E-state index contributed by atoms with van der Waals surface area (Å²) in [7, 11) is 1.69. The molecule has 1 aromatic heterocycles. The second-order valence-electron chi connectivity index (χ2n) is 4.03. The topological polar surface area (TPSA) is 77.2 Å². The van der Waals surface area contributed by atoms with Crippen molar-refractivity contribution in [1.82, 2.24) is 4.98 Å². The number of carboxylic acids is 1. The van der Waals surface area contributed by atoms with Gasteiger partial charge in [-0.15, -0.1) is 0 Å². The van der Waals surface area contributed by atoms with Gasteiger partial charge in [0.15, 0.2) is 0 Å². The number of carboxylic acid groups (broad SMARTS) is 1. The molecule has 0 atom stereocenters. The number of carbonyl (C=O) groups is 1. The maximum atomic E-state index is 11.2. The molecule has 5 nitrogen and oxygen atoms in total. The lowest BCUT2D eigenvalue weighted by Crippen LogP contribution is -2.15. The summed E-state index contributed by atoms with van der Waals surface area (Å²) in [6, 6.07) is 11.6. The number of nitriles is 1. The minimum atomic E-state index is -1.08. The molecule has 0 aliphatic heterocycles. The van der Waals surface area contributed by atoms with Crippen molar-refractivity contribution in [3.63, 3.8) is 0 Å². The summed E-state index contributed by atoms with van der Waals surface area (Å²) >= 11 is 5.83. The van der Waals surface area contributed by atoms with E-state index < -0.39 is 5.97 Å². The molecule has 0 saturated carbocycles. The standard InChI is InChI=1S/C14H10ClN3O2/c1-18(10-4-2-9(8-16)3-5-10)13-11(14(19)20)6-7-12(15)17-13/h2-7H,1H3,(H,19,20). The number of aromatic carboxylic acids is 1. The molecule has 0 unspecified atom stereocenters. The monoisotopic (exact) mass is 287 g/mol. The van der Waals surface area contributed by atoms with Gasteiger partial charge in [-0.2, -0.15) is 5.26 Å². The first-order valence-corrected chi connectivity index (χ1v) is 6.04. The van der Waals surface area contributed by atoms with Crippen LogP contribution in [0.4, 0.5) is 11.5 Å². The van der Waals surface area contributed by atoms with Crippen molar-refractivity contribution in [2.75, 3.05) is 11.9 Å². The van der Waals surface area contributed by atoms with Crippen LogP contribution >= 0.6 is 11.6 Å². The molecule has 0 saturated heterocycles. The van der Waals surface area contributed by atoms with Gasteiger partial charge in [-0.1, -0.05) is 11.6 Å². The average molecular weight is 288 g/mol. The van der Waals surface area contributed by atoms with E-state index in [1.54, 1.807) is 36.2 Å². The quantitative estimate of drug-likeness (QED) is 0.878. The van der Waals surface area contributed by atoms with Crippen LogP contribution in [-0.2, 0) is 0 Å². The van der Waals surface area contributed by atoms with Crippen LogP contribution in [0.5, 0.6) is 0 Å². The molecule has 100 valence electrons. The van der Waals surface area contributed by atoms with Gasteiger partial charge >= 0.3 is 5.97 Å². The van der Waals surface area contributed by atoms with Crippen molar-refractivity contribution in [1.29, 1.82) is 5.26 Å². The zero-order valence-electron chi connectivity index (χ0n) is 10.5. The normalized spacial score (nSPS) is 9.85. The molecule has 0 bridgehead atoms. The highest BCUT2D eigenvalue weighted by molar-refractivity contribution is 6.29. The first kappa shape index (κ1) is 13.8. The molecule has 6 heteroatoms. The molecule has 2 aromatic rings. The van der Waals surface area contributed by atoms with Gasteiger partial charge in [-0.05, 0) is 36.4 Å². The van der Waals surface area contributed by atoms with Crippen LogP contribution in [0.3, 0.4) is 0 Å². The van der Waals surface area contributed by atoms with E-state index in [1.807, 2.05) is 6.07 Å². The fraction of sp³-hybridized carbons (Fsp3) is 0.0714. The number of hydrogen-bond donors (Lipinski definition) is 1. The van der Waals surface area contributed by atoms with Crippen molar-refractivity contribution in [3.05, 3.63) is 52.7 Å². The summed E-state index contributed by atoms with van der Waals surface area (Å²) in [4.78, 5) is 16.9. The predicted octanol–water partition coefficient (Wildman–Crippen LogP) is 3.07. The van der Waals surface area contributed by atoms with Crippen LogP contribution in [-0.4, -0.2) is 23.1 Å². The van der Waals surface area contributed by atoms with Gasteiger partial charge in [-0.3, -0.25) is 0 Å². The summed E-state index contributed by atoms with van der Waals surface area (Å²) < 4.78 is 0. The molecule has 0 aliphatic rings. The Morgan fingerprint density at radius 3 is 2.50 bits per heavy atom. The highest BCUT2D eigenvalue weighted by atomic mass is 35.5. The Morgan fingerprint density at radius 1 is 1.30 bits per heavy atom. The zero-order valence-corrected chi connectivity index (χ0v) is 11.3. The lowest BCUT2D eigenvalue weighted by atomic mass is 10.2. The molecule has 0 fully saturated rings. The van der Waals surface area contributed by atoms with Crippen LogP contribution in [0.1, 0.15) is 15.9 Å². The molecule has 2 rings (SSSR count). The van der Waals surface area contributed by atoms with E-state index in [0.29, 0.717) is 11.3 Å². The SMILES string of the molecule is CN(c1ccc(C#N)cc1)c1nc(Cl)ccc1C(=O)O. The van der Waals surface area contributed by atoms with Gasteiger partial charge in [0, 0.05) is 12.7 Å². The maximum Gasteiger partial charge on any atom is 0.339 e. The molecule has 1 heterocycles. The zero-order chi connectivity index (χ0) is 14.7. The molecule has 0 spiro atoms. The Kier molecular flexibility index (Phi) is 3.87. The van der Waals surface area contributed by atoms with E-state index in [4.69, 9.17) is 16.9 Å². The van der Waals surface area contributed by atoms with Crippen LogP contribution < -0.4 is 4.90 Å². The van der Waals surface area contributed by atoms with Gasteiger partial charge in [0.25, 0.3) is 0 Å². The van der Waals surface area contributed by atoms with E-state index >= 15 is 0 Å². The summed E-state index contributed by atoms with van der Waals surface area (Å²) in [5.74, 6) is -0.834. The molecular weight excluding hydrogens is 278 g/mol. The number of anilines is 2. The van der Waals surface area contributed by atoms with E-state index in [0.717, 1.165) is 0 Å². The molecule has 1 N–H and O–H groups in total. The Bertz CT molecular complexity index is 693. The van der Waals surface area contributed by atoms with Crippen LogP contribution in [0.15, 0.2) is 36.4 Å². The third kappa shape index (κ3) is 2.71. The minimum absolute atomic E-state index is 0.0567. The van der Waals surface area contributed by atoms with Crippen molar-refractivity contribution in [2.45, 2.75) is 0 Å². The number of rotatable bonds is 3. The Balaban J connectivity index is 2.46. The molecule has 0 amide bonds. The molecule has 20 heavy (non-hydrogen) atoms. The van der Waals surface area contributed by atoms with Crippen LogP contribution in [0.25, 0.3) is 0 Å². The second kappa shape index (κ2) is 5.59. The Hall–Kier alpha value is -2.58. The van der Waals surface area contributed by atoms with E-state index in [9.17, 15) is 9.90 Å². The van der Waals surface area contributed by atoms with Crippen molar-refractivity contribution in [2.24, 2.45) is 0 Å². The lowest BCUT2D eigenvalue weighted by Gasteiger charge is -2.20. The van der Waals surface area contributed by atoms with E-state index in [1.165, 1.54) is 12.1 Å². The van der Waals surface area contributed by atoms with Gasteiger partial charge in [0.2, 0.25) is 0 Å². The first-order chi connectivity index (χ1) is 9.52. The smallest absolute Gasteiger partial charge is 0.339 e. The Morgan fingerprint density at radius 2 is 1.95 bits per heavy atom. The summed E-state index contributed by atoms with van der Waals surface area (Å²) in [6.45, 7) is 0. The van der Waals surface area contributed by atoms with Crippen molar-refractivity contribution >= 4 is 29.1 Å². The number of pyridine rings is 1. The Labute approximate surface area is 120 Å². The fourth-order valence-corrected chi connectivity index (χ4v) is 1.87. The summed E-state index contributed by atoms with van der Waals surface area (Å²) in [5.41, 5.74) is 1.29. The summed E-state index contributed by atoms with van der Waals surface area (Å²) in [6.07, 6.45) is 0. The van der Waals surface area contributed by atoms with Crippen LogP contribution in [0.2, 0.25) is 5.15 Å². The molecule has 0 aliphatic carbocycles. The number of halogens is 1. The van der Waals surface area contributed by atoms with Crippen molar-refractivity contribution in [3.8, 4) is 6.07 Å². The van der Waals surface area contributed by atoms with Crippen LogP contribution in [0, 0.1) is 11.3 Å². The highest BCUT2D eigenvalue weighted by Gasteiger charge is 2.16. The third-order valence-corrected chi connectivity index (χ3v) is 2.98. The minimum Gasteiger partial charge on any atom is -0.478 e. The third-order valence-electron chi connectivity index (χ3n) is 2.77. The van der Waals surface area contributed by atoms with Gasteiger partial charge in [0.05, 0.1) is 11.6 Å². The fourth-order valence-electron chi connectivity index (χ4n) is 1.73.